The van der Waals surface area contributed by atoms with Crippen molar-refractivity contribution in [2.24, 2.45) is 5.73 Å². The van der Waals surface area contributed by atoms with Crippen molar-refractivity contribution in [3.05, 3.63) is 29.3 Å². The van der Waals surface area contributed by atoms with Crippen LogP contribution in [-0.2, 0) is 0 Å². The first-order valence-electron chi connectivity index (χ1n) is 4.65. The van der Waals surface area contributed by atoms with E-state index >= 15 is 0 Å². The van der Waals surface area contributed by atoms with Gasteiger partial charge in [-0.25, -0.2) is 0 Å². The first-order valence-corrected chi connectivity index (χ1v) is 4.65. The minimum absolute atomic E-state index is 0.300. The van der Waals surface area contributed by atoms with Gasteiger partial charge in [0.25, 0.3) is 0 Å². The Labute approximate surface area is 84.5 Å². The van der Waals surface area contributed by atoms with E-state index < -0.39 is 6.10 Å². The minimum atomic E-state index is -0.676. The molecule has 1 aromatic rings. The molecule has 0 amide bonds. The maximum atomic E-state index is 9.83. The standard InChI is InChI=1S/C11H17NO2/c1-7-5-4-6-9(11(7)14-3)10(13)8(2)12/h4-6,8,10,13H,12H2,1-3H3. The SMILES string of the molecule is COc1c(C)cccc1C(O)C(C)N. The van der Waals surface area contributed by atoms with Crippen LogP contribution >= 0.6 is 0 Å². The highest BCUT2D eigenvalue weighted by molar-refractivity contribution is 5.42. The minimum Gasteiger partial charge on any atom is -0.496 e. The Morgan fingerprint density at radius 1 is 1.43 bits per heavy atom. The van der Waals surface area contributed by atoms with E-state index in [-0.39, 0.29) is 6.04 Å². The number of nitrogens with two attached hydrogens (primary N) is 1. The highest BCUT2D eigenvalue weighted by Gasteiger charge is 2.17. The Balaban J connectivity index is 3.13. The largest absolute Gasteiger partial charge is 0.496 e. The van der Waals surface area contributed by atoms with Crippen molar-refractivity contribution in [1.82, 2.24) is 0 Å². The van der Waals surface area contributed by atoms with E-state index in [0.29, 0.717) is 0 Å². The monoisotopic (exact) mass is 195 g/mol. The van der Waals surface area contributed by atoms with Crippen molar-refractivity contribution in [2.45, 2.75) is 26.0 Å². The summed E-state index contributed by atoms with van der Waals surface area (Å²) in [6, 6.07) is 5.36. The fraction of sp³-hybridized carbons (Fsp3) is 0.455. The Kier molecular flexibility index (Phi) is 3.49. The molecule has 0 bridgehead atoms. The van der Waals surface area contributed by atoms with Gasteiger partial charge in [-0.1, -0.05) is 18.2 Å². The maximum absolute atomic E-state index is 9.83. The first-order chi connectivity index (χ1) is 6.57. The number of hydrogen-bond donors (Lipinski definition) is 2. The van der Waals surface area contributed by atoms with E-state index in [4.69, 9.17) is 10.5 Å². The molecule has 3 N–H and O–H groups in total. The van der Waals surface area contributed by atoms with Crippen molar-refractivity contribution in [3.8, 4) is 5.75 Å². The first kappa shape index (κ1) is 11.0. The summed E-state index contributed by atoms with van der Waals surface area (Å²) in [6.07, 6.45) is -0.676. The number of ether oxygens (including phenoxy) is 1. The molecule has 0 saturated heterocycles. The molecule has 78 valence electrons. The molecule has 0 radical (unpaired) electrons. The third-order valence-corrected chi connectivity index (χ3v) is 2.26. The molecular formula is C11H17NO2. The Morgan fingerprint density at radius 2 is 2.07 bits per heavy atom. The zero-order chi connectivity index (χ0) is 10.7. The van der Waals surface area contributed by atoms with Gasteiger partial charge in [0.15, 0.2) is 0 Å². The van der Waals surface area contributed by atoms with E-state index in [2.05, 4.69) is 0 Å². The summed E-state index contributed by atoms with van der Waals surface area (Å²) in [5, 5.41) is 9.83. The molecular weight excluding hydrogens is 178 g/mol. The van der Waals surface area contributed by atoms with Gasteiger partial charge in [0.2, 0.25) is 0 Å². The zero-order valence-corrected chi connectivity index (χ0v) is 8.82. The number of hydrogen-bond acceptors (Lipinski definition) is 3. The van der Waals surface area contributed by atoms with Crippen LogP contribution < -0.4 is 10.5 Å². The highest BCUT2D eigenvalue weighted by atomic mass is 16.5. The topological polar surface area (TPSA) is 55.5 Å². The van der Waals surface area contributed by atoms with Gasteiger partial charge in [-0.15, -0.1) is 0 Å². The van der Waals surface area contributed by atoms with Crippen molar-refractivity contribution in [3.63, 3.8) is 0 Å². The van der Waals surface area contributed by atoms with Crippen LogP contribution in [0.5, 0.6) is 5.75 Å². The van der Waals surface area contributed by atoms with Crippen molar-refractivity contribution >= 4 is 0 Å². The molecule has 0 fully saturated rings. The second-order valence-corrected chi connectivity index (χ2v) is 3.50. The summed E-state index contributed by atoms with van der Waals surface area (Å²) in [5.41, 5.74) is 7.39. The van der Waals surface area contributed by atoms with Gasteiger partial charge < -0.3 is 15.6 Å². The summed E-state index contributed by atoms with van der Waals surface area (Å²) in [4.78, 5) is 0. The molecule has 1 aromatic carbocycles. The van der Waals surface area contributed by atoms with Crippen molar-refractivity contribution in [2.75, 3.05) is 7.11 Å². The molecule has 0 aliphatic rings. The van der Waals surface area contributed by atoms with Crippen LogP contribution in [0.4, 0.5) is 0 Å². The lowest BCUT2D eigenvalue weighted by atomic mass is 10.0. The molecule has 0 aliphatic heterocycles. The number of methoxy groups -OCH3 is 1. The number of aliphatic hydroxyl groups excluding tert-OH is 1. The van der Waals surface area contributed by atoms with Crippen LogP contribution in [0.2, 0.25) is 0 Å². The van der Waals surface area contributed by atoms with Crippen LogP contribution in [0, 0.1) is 6.92 Å². The number of aliphatic hydroxyl groups is 1. The lowest BCUT2D eigenvalue weighted by Gasteiger charge is -2.19. The van der Waals surface area contributed by atoms with Crippen LogP contribution in [0.25, 0.3) is 0 Å². The third-order valence-electron chi connectivity index (χ3n) is 2.26. The number of benzene rings is 1. The normalized spacial score (nSPS) is 14.9. The smallest absolute Gasteiger partial charge is 0.127 e. The van der Waals surface area contributed by atoms with E-state index in [1.807, 2.05) is 25.1 Å². The predicted octanol–water partition coefficient (Wildman–Crippen LogP) is 1.38. The molecule has 0 heterocycles. The molecule has 3 nitrogen and oxygen atoms in total. The molecule has 1 rings (SSSR count). The predicted molar refractivity (Wildman–Crippen MR) is 56.3 cm³/mol. The molecule has 0 saturated carbocycles. The molecule has 0 aromatic heterocycles. The Bertz CT molecular complexity index is 310. The average Bonchev–Trinajstić information content (AvgIpc) is 2.16. The van der Waals surface area contributed by atoms with Crippen LogP contribution in [-0.4, -0.2) is 18.3 Å². The van der Waals surface area contributed by atoms with E-state index in [1.54, 1.807) is 14.0 Å². The summed E-state index contributed by atoms with van der Waals surface area (Å²) in [6.45, 7) is 3.71. The molecule has 14 heavy (non-hydrogen) atoms. The zero-order valence-electron chi connectivity index (χ0n) is 8.82. The number of rotatable bonds is 3. The lowest BCUT2D eigenvalue weighted by Crippen LogP contribution is -2.24. The van der Waals surface area contributed by atoms with Gasteiger partial charge >= 0.3 is 0 Å². The highest BCUT2D eigenvalue weighted by Crippen LogP contribution is 2.29. The van der Waals surface area contributed by atoms with Crippen LogP contribution in [0.15, 0.2) is 18.2 Å². The third kappa shape index (κ3) is 2.05. The van der Waals surface area contributed by atoms with Crippen molar-refractivity contribution in [1.29, 1.82) is 0 Å². The molecule has 0 aliphatic carbocycles. The van der Waals surface area contributed by atoms with Crippen LogP contribution in [0.3, 0.4) is 0 Å². The Hall–Kier alpha value is -1.06. The fourth-order valence-corrected chi connectivity index (χ4v) is 1.47. The van der Waals surface area contributed by atoms with E-state index in [9.17, 15) is 5.11 Å². The summed E-state index contributed by atoms with van der Waals surface area (Å²) < 4.78 is 5.23. The molecule has 3 heteroatoms. The van der Waals surface area contributed by atoms with Gasteiger partial charge in [0.1, 0.15) is 5.75 Å². The van der Waals surface area contributed by atoms with E-state index in [1.165, 1.54) is 0 Å². The van der Waals surface area contributed by atoms with Crippen molar-refractivity contribution < 1.29 is 9.84 Å². The fourth-order valence-electron chi connectivity index (χ4n) is 1.47. The second kappa shape index (κ2) is 4.44. The van der Waals surface area contributed by atoms with Gasteiger partial charge in [-0.2, -0.15) is 0 Å². The molecule has 2 atom stereocenters. The van der Waals surface area contributed by atoms with Crippen LogP contribution in [0.1, 0.15) is 24.2 Å². The summed E-state index contributed by atoms with van der Waals surface area (Å²) >= 11 is 0. The average molecular weight is 195 g/mol. The molecule has 0 spiro atoms. The maximum Gasteiger partial charge on any atom is 0.127 e. The quantitative estimate of drug-likeness (QED) is 0.766. The summed E-state index contributed by atoms with van der Waals surface area (Å²) in [7, 11) is 1.60. The molecule has 2 unspecified atom stereocenters. The lowest BCUT2D eigenvalue weighted by molar-refractivity contribution is 0.149. The number of para-hydroxylation sites is 1. The van der Waals surface area contributed by atoms with Gasteiger partial charge in [-0.3, -0.25) is 0 Å². The van der Waals surface area contributed by atoms with E-state index in [0.717, 1.165) is 16.9 Å². The second-order valence-electron chi connectivity index (χ2n) is 3.50. The number of aryl methyl sites for hydroxylation is 1. The van der Waals surface area contributed by atoms with Gasteiger partial charge in [0, 0.05) is 11.6 Å². The Morgan fingerprint density at radius 3 is 2.57 bits per heavy atom. The van der Waals surface area contributed by atoms with Gasteiger partial charge in [0.05, 0.1) is 13.2 Å². The van der Waals surface area contributed by atoms with Gasteiger partial charge in [-0.05, 0) is 19.4 Å². The summed E-state index contributed by atoms with van der Waals surface area (Å²) in [5.74, 6) is 0.720.